The number of carbonyl (C=O) groups is 1. The van der Waals surface area contributed by atoms with Gasteiger partial charge in [-0.15, -0.1) is 0 Å². The first-order chi connectivity index (χ1) is 12.8. The molecule has 0 bridgehead atoms. The third kappa shape index (κ3) is 4.04. The molecule has 0 aromatic carbocycles. The third-order valence-corrected chi connectivity index (χ3v) is 5.24. The zero-order valence-electron chi connectivity index (χ0n) is 16.1. The molecule has 7 nitrogen and oxygen atoms in total. The van der Waals surface area contributed by atoms with E-state index in [1.807, 2.05) is 37.7 Å². The fraction of sp³-hybridized carbons (Fsp3) is 0.632. The molecule has 146 valence electrons. The van der Waals surface area contributed by atoms with Gasteiger partial charge in [0.05, 0.1) is 6.04 Å². The summed E-state index contributed by atoms with van der Waals surface area (Å²) >= 11 is 6.22. The summed E-state index contributed by atoms with van der Waals surface area (Å²) in [6.07, 6.45) is 4.28. The molecule has 0 saturated carbocycles. The Kier molecular flexibility index (Phi) is 4.76. The first-order valence-corrected chi connectivity index (χ1v) is 9.91. The third-order valence-electron chi connectivity index (χ3n) is 5.05. The van der Waals surface area contributed by atoms with E-state index in [-0.39, 0.29) is 12.1 Å². The summed E-state index contributed by atoms with van der Waals surface area (Å²) < 4.78 is 7.33. The number of nitrogens with zero attached hydrogens (tertiary/aromatic N) is 5. The van der Waals surface area contributed by atoms with Crippen molar-refractivity contribution in [2.24, 2.45) is 0 Å². The number of fused-ring (bicyclic) bond motifs is 1. The van der Waals surface area contributed by atoms with Gasteiger partial charge in [0, 0.05) is 31.2 Å². The fourth-order valence-corrected chi connectivity index (χ4v) is 3.86. The van der Waals surface area contributed by atoms with Gasteiger partial charge in [-0.3, -0.25) is 9.58 Å². The van der Waals surface area contributed by atoms with E-state index in [1.54, 1.807) is 4.90 Å². The van der Waals surface area contributed by atoms with Crippen LogP contribution in [0, 0.1) is 0 Å². The van der Waals surface area contributed by atoms with Gasteiger partial charge >= 0.3 is 6.09 Å². The Morgan fingerprint density at radius 1 is 1.30 bits per heavy atom. The standard InChI is InChI=1S/C19H26ClN5O2/c1-19(2,3)27-18(26)24-10-14(11-24)25-12-15-13(9-23-6-4-5-7-23)8-16(20)21-17(15)22-25/h8,12,14H,4-7,9-11H2,1-3H3. The number of hydrogen-bond acceptors (Lipinski definition) is 5. The van der Waals surface area contributed by atoms with Crippen LogP contribution in [-0.2, 0) is 11.3 Å². The monoisotopic (exact) mass is 391 g/mol. The lowest BCUT2D eigenvalue weighted by atomic mass is 10.1. The van der Waals surface area contributed by atoms with Crippen molar-refractivity contribution >= 4 is 28.7 Å². The topological polar surface area (TPSA) is 63.5 Å². The maximum Gasteiger partial charge on any atom is 0.410 e. The normalized spacial score (nSPS) is 18.9. The lowest BCUT2D eigenvalue weighted by Crippen LogP contribution is -2.52. The van der Waals surface area contributed by atoms with E-state index in [0.717, 1.165) is 25.0 Å². The molecule has 2 aliphatic heterocycles. The molecule has 2 saturated heterocycles. The number of likely N-dealkylation sites (tertiary alicyclic amines) is 2. The van der Waals surface area contributed by atoms with Crippen LogP contribution in [0.4, 0.5) is 4.79 Å². The molecule has 2 aromatic rings. The first-order valence-electron chi connectivity index (χ1n) is 9.53. The van der Waals surface area contributed by atoms with Crippen LogP contribution in [-0.4, -0.2) is 62.4 Å². The van der Waals surface area contributed by atoms with E-state index in [2.05, 4.69) is 15.0 Å². The molecule has 2 aliphatic rings. The van der Waals surface area contributed by atoms with Gasteiger partial charge in [0.15, 0.2) is 5.65 Å². The second-order valence-electron chi connectivity index (χ2n) is 8.47. The lowest BCUT2D eigenvalue weighted by Gasteiger charge is -2.39. The molecule has 27 heavy (non-hydrogen) atoms. The van der Waals surface area contributed by atoms with Crippen LogP contribution in [0.3, 0.4) is 0 Å². The van der Waals surface area contributed by atoms with Crippen LogP contribution >= 0.6 is 11.6 Å². The van der Waals surface area contributed by atoms with E-state index >= 15 is 0 Å². The highest BCUT2D eigenvalue weighted by Gasteiger charge is 2.35. The van der Waals surface area contributed by atoms with Crippen molar-refractivity contribution < 1.29 is 9.53 Å². The maximum atomic E-state index is 12.1. The average molecular weight is 392 g/mol. The zero-order valence-corrected chi connectivity index (χ0v) is 16.9. The summed E-state index contributed by atoms with van der Waals surface area (Å²) in [7, 11) is 0. The number of carbonyl (C=O) groups excluding carboxylic acids is 1. The average Bonchev–Trinajstić information content (AvgIpc) is 3.13. The summed E-state index contributed by atoms with van der Waals surface area (Å²) in [6, 6.07) is 2.09. The van der Waals surface area contributed by atoms with Crippen molar-refractivity contribution in [3.05, 3.63) is 23.0 Å². The second kappa shape index (κ2) is 6.95. The highest BCUT2D eigenvalue weighted by atomic mass is 35.5. The minimum atomic E-state index is -0.478. The number of pyridine rings is 1. The van der Waals surface area contributed by atoms with Gasteiger partial charge in [-0.1, -0.05) is 11.6 Å². The Labute approximate surface area is 164 Å². The van der Waals surface area contributed by atoms with Gasteiger partial charge in [-0.2, -0.15) is 5.10 Å². The van der Waals surface area contributed by atoms with Gasteiger partial charge < -0.3 is 9.64 Å². The predicted molar refractivity (Wildman–Crippen MR) is 104 cm³/mol. The Morgan fingerprint density at radius 3 is 2.67 bits per heavy atom. The van der Waals surface area contributed by atoms with Gasteiger partial charge in [0.25, 0.3) is 0 Å². The van der Waals surface area contributed by atoms with Gasteiger partial charge in [0.2, 0.25) is 0 Å². The Balaban J connectivity index is 1.48. The number of aromatic nitrogens is 3. The highest BCUT2D eigenvalue weighted by molar-refractivity contribution is 6.29. The molecular weight excluding hydrogens is 366 g/mol. The number of halogens is 1. The summed E-state index contributed by atoms with van der Waals surface area (Å²) in [5.41, 5.74) is 1.36. The molecule has 2 aromatic heterocycles. The van der Waals surface area contributed by atoms with E-state index in [4.69, 9.17) is 16.3 Å². The molecule has 0 spiro atoms. The van der Waals surface area contributed by atoms with E-state index in [9.17, 15) is 4.79 Å². The minimum absolute atomic E-state index is 0.144. The molecule has 0 aliphatic carbocycles. The number of hydrogen-bond donors (Lipinski definition) is 0. The Morgan fingerprint density at radius 2 is 2.00 bits per heavy atom. The van der Waals surface area contributed by atoms with Crippen LogP contribution in [0.2, 0.25) is 5.15 Å². The van der Waals surface area contributed by atoms with Crippen LogP contribution in [0.25, 0.3) is 11.0 Å². The summed E-state index contributed by atoms with van der Waals surface area (Å²) in [5, 5.41) is 6.14. The van der Waals surface area contributed by atoms with Crippen molar-refractivity contribution in [3.8, 4) is 0 Å². The first kappa shape index (κ1) is 18.5. The van der Waals surface area contributed by atoms with Crippen molar-refractivity contribution in [2.45, 2.75) is 51.8 Å². The Bertz CT molecular complexity index is 848. The molecule has 0 N–H and O–H groups in total. The molecule has 1 amide bonds. The van der Waals surface area contributed by atoms with E-state index < -0.39 is 5.60 Å². The van der Waals surface area contributed by atoms with Crippen molar-refractivity contribution in [2.75, 3.05) is 26.2 Å². The Hall–Kier alpha value is -1.86. The minimum Gasteiger partial charge on any atom is -0.444 e. The van der Waals surface area contributed by atoms with Crippen molar-refractivity contribution in [1.29, 1.82) is 0 Å². The van der Waals surface area contributed by atoms with Gasteiger partial charge in [-0.25, -0.2) is 9.78 Å². The predicted octanol–water partition coefficient (Wildman–Crippen LogP) is 3.47. The lowest BCUT2D eigenvalue weighted by molar-refractivity contribution is -0.000302. The number of ether oxygens (including phenoxy) is 1. The fourth-order valence-electron chi connectivity index (χ4n) is 3.64. The number of rotatable bonds is 3. The van der Waals surface area contributed by atoms with Crippen LogP contribution in [0.1, 0.15) is 45.2 Å². The summed E-state index contributed by atoms with van der Waals surface area (Å²) in [5.74, 6) is 0. The van der Waals surface area contributed by atoms with Crippen LogP contribution < -0.4 is 0 Å². The van der Waals surface area contributed by atoms with E-state index in [0.29, 0.717) is 23.9 Å². The van der Waals surface area contributed by atoms with Crippen LogP contribution in [0.15, 0.2) is 12.3 Å². The van der Waals surface area contributed by atoms with Crippen LogP contribution in [0.5, 0.6) is 0 Å². The molecule has 0 atom stereocenters. The maximum absolute atomic E-state index is 12.1. The van der Waals surface area contributed by atoms with Crippen molar-refractivity contribution in [3.63, 3.8) is 0 Å². The smallest absolute Gasteiger partial charge is 0.410 e. The molecule has 4 rings (SSSR count). The summed E-state index contributed by atoms with van der Waals surface area (Å²) in [4.78, 5) is 20.6. The molecule has 2 fully saturated rings. The largest absolute Gasteiger partial charge is 0.444 e. The molecule has 0 unspecified atom stereocenters. The molecule has 0 radical (unpaired) electrons. The van der Waals surface area contributed by atoms with Crippen molar-refractivity contribution in [1.82, 2.24) is 24.6 Å². The summed E-state index contributed by atoms with van der Waals surface area (Å²) in [6.45, 7) is 9.94. The number of amides is 1. The van der Waals surface area contributed by atoms with Gasteiger partial charge in [-0.05, 0) is 58.3 Å². The SMILES string of the molecule is CC(C)(C)OC(=O)N1CC(n2cc3c(CN4CCCC4)cc(Cl)nc3n2)C1. The highest BCUT2D eigenvalue weighted by Crippen LogP contribution is 2.28. The quantitative estimate of drug-likeness (QED) is 0.749. The molecular formula is C19H26ClN5O2. The second-order valence-corrected chi connectivity index (χ2v) is 8.86. The van der Waals surface area contributed by atoms with Gasteiger partial charge in [0.1, 0.15) is 10.8 Å². The molecule has 8 heteroatoms. The molecule has 4 heterocycles. The zero-order chi connectivity index (χ0) is 19.2. The van der Waals surface area contributed by atoms with E-state index in [1.165, 1.54) is 18.4 Å².